The third kappa shape index (κ3) is 3.97. The minimum Gasteiger partial charge on any atom is -0.365 e. The van der Waals surface area contributed by atoms with Gasteiger partial charge in [-0.1, -0.05) is 0 Å². The number of rotatable bonds is 6. The first kappa shape index (κ1) is 22.5. The maximum atomic E-state index is 13.6. The molecule has 4 aromatic heterocycles. The molecule has 33 heavy (non-hydrogen) atoms. The van der Waals surface area contributed by atoms with Crippen LogP contribution in [-0.4, -0.2) is 36.4 Å². The lowest BCUT2D eigenvalue weighted by Crippen LogP contribution is -2.25. The summed E-state index contributed by atoms with van der Waals surface area (Å²) in [7, 11) is 1.73. The van der Waals surface area contributed by atoms with Crippen molar-refractivity contribution in [1.82, 2.24) is 24.5 Å². The second-order valence-corrected chi connectivity index (χ2v) is 8.68. The van der Waals surface area contributed by atoms with E-state index in [-0.39, 0.29) is 15.4 Å². The number of thiophene rings is 1. The Balaban J connectivity index is 1.92. The van der Waals surface area contributed by atoms with Crippen molar-refractivity contribution in [1.29, 1.82) is 0 Å². The number of anilines is 1. The molecule has 12 heteroatoms. The Morgan fingerprint density at radius 2 is 1.91 bits per heavy atom. The highest BCUT2D eigenvalue weighted by Gasteiger charge is 2.27. The average molecular weight is 474 g/mol. The first-order chi connectivity index (χ1) is 15.6. The van der Waals surface area contributed by atoms with Gasteiger partial charge in [0.1, 0.15) is 21.4 Å². The number of primary amides is 1. The van der Waals surface area contributed by atoms with Crippen LogP contribution in [0.5, 0.6) is 0 Å². The summed E-state index contributed by atoms with van der Waals surface area (Å²) in [5.74, 6) is -1.25. The molecule has 3 N–H and O–H groups in total. The predicted octanol–water partition coefficient (Wildman–Crippen LogP) is 3.75. The minimum absolute atomic E-state index is 0.0175. The Morgan fingerprint density at radius 3 is 2.45 bits per heavy atom. The van der Waals surface area contributed by atoms with Gasteiger partial charge >= 0.3 is 0 Å². The maximum absolute atomic E-state index is 13.6. The Kier molecular flexibility index (Phi) is 5.70. The zero-order valence-electron chi connectivity index (χ0n) is 18.3. The molecule has 1 unspecified atom stereocenters. The van der Waals surface area contributed by atoms with Gasteiger partial charge in [-0.25, -0.2) is 13.8 Å². The SMILES string of the molecule is Cc1cnn(C(C)C(=O)Nc2c(C(N)=O)sc3nc(C(F)F)cc(-c4cnn(C)c4C)c23)c1. The van der Waals surface area contributed by atoms with Crippen molar-refractivity contribution in [3.63, 3.8) is 0 Å². The summed E-state index contributed by atoms with van der Waals surface area (Å²) < 4.78 is 30.3. The van der Waals surface area contributed by atoms with Crippen LogP contribution >= 0.6 is 11.3 Å². The second-order valence-electron chi connectivity index (χ2n) is 7.68. The monoisotopic (exact) mass is 473 g/mol. The van der Waals surface area contributed by atoms with Gasteiger partial charge in [-0.15, -0.1) is 11.3 Å². The number of pyridine rings is 1. The number of nitrogens with two attached hydrogens (primary N) is 1. The van der Waals surface area contributed by atoms with Crippen molar-refractivity contribution >= 4 is 39.1 Å². The smallest absolute Gasteiger partial charge is 0.280 e. The molecule has 0 saturated carbocycles. The van der Waals surface area contributed by atoms with Crippen molar-refractivity contribution < 1.29 is 18.4 Å². The van der Waals surface area contributed by atoms with E-state index < -0.39 is 30.0 Å². The van der Waals surface area contributed by atoms with Crippen LogP contribution in [-0.2, 0) is 11.8 Å². The van der Waals surface area contributed by atoms with Crippen LogP contribution in [0.1, 0.15) is 46.0 Å². The van der Waals surface area contributed by atoms with E-state index in [2.05, 4.69) is 20.5 Å². The van der Waals surface area contributed by atoms with E-state index in [1.54, 1.807) is 44.2 Å². The maximum Gasteiger partial charge on any atom is 0.280 e. The Morgan fingerprint density at radius 1 is 1.18 bits per heavy atom. The number of amides is 2. The Hall–Kier alpha value is -3.67. The Labute approximate surface area is 191 Å². The molecule has 0 spiro atoms. The fraction of sp³-hybridized carbons (Fsp3) is 0.286. The number of fused-ring (bicyclic) bond motifs is 1. The molecule has 0 aliphatic heterocycles. The van der Waals surface area contributed by atoms with Gasteiger partial charge in [-0.3, -0.25) is 19.0 Å². The second kappa shape index (κ2) is 8.35. The number of hydrogen-bond acceptors (Lipinski definition) is 6. The quantitative estimate of drug-likeness (QED) is 0.442. The molecule has 4 rings (SSSR count). The molecule has 0 aliphatic rings. The topological polar surface area (TPSA) is 121 Å². The summed E-state index contributed by atoms with van der Waals surface area (Å²) in [4.78, 5) is 29.5. The number of halogens is 2. The molecule has 4 heterocycles. The summed E-state index contributed by atoms with van der Waals surface area (Å²) in [6, 6.07) is 0.552. The molecule has 0 bridgehead atoms. The van der Waals surface area contributed by atoms with Crippen LogP contribution in [0.2, 0.25) is 0 Å². The first-order valence-corrected chi connectivity index (χ1v) is 10.8. The van der Waals surface area contributed by atoms with Crippen LogP contribution < -0.4 is 11.1 Å². The molecule has 0 aromatic carbocycles. The summed E-state index contributed by atoms with van der Waals surface area (Å²) in [6.45, 7) is 5.29. The zero-order valence-corrected chi connectivity index (χ0v) is 19.1. The van der Waals surface area contributed by atoms with Gasteiger partial charge in [0.25, 0.3) is 12.3 Å². The highest BCUT2D eigenvalue weighted by atomic mass is 32.1. The van der Waals surface area contributed by atoms with Crippen LogP contribution in [0.15, 0.2) is 24.7 Å². The van der Waals surface area contributed by atoms with Gasteiger partial charge < -0.3 is 11.1 Å². The highest BCUT2D eigenvalue weighted by molar-refractivity contribution is 7.21. The lowest BCUT2D eigenvalue weighted by Gasteiger charge is -2.14. The number of hydrogen-bond donors (Lipinski definition) is 2. The summed E-state index contributed by atoms with van der Waals surface area (Å²) in [6.07, 6.45) is 2.05. The van der Waals surface area contributed by atoms with Gasteiger partial charge in [0, 0.05) is 29.9 Å². The number of nitrogens with one attached hydrogen (secondary N) is 1. The lowest BCUT2D eigenvalue weighted by molar-refractivity contribution is -0.119. The molecule has 1 atom stereocenters. The van der Waals surface area contributed by atoms with E-state index in [1.807, 2.05) is 6.92 Å². The molecule has 0 fully saturated rings. The van der Waals surface area contributed by atoms with E-state index in [9.17, 15) is 18.4 Å². The van der Waals surface area contributed by atoms with E-state index in [4.69, 9.17) is 5.73 Å². The van der Waals surface area contributed by atoms with Gasteiger partial charge in [0.05, 0.1) is 18.1 Å². The molecule has 0 aliphatic carbocycles. The van der Waals surface area contributed by atoms with Crippen molar-refractivity contribution in [2.75, 3.05) is 5.32 Å². The fourth-order valence-electron chi connectivity index (χ4n) is 3.49. The van der Waals surface area contributed by atoms with Crippen molar-refractivity contribution in [2.45, 2.75) is 33.2 Å². The normalized spacial score (nSPS) is 12.5. The molecule has 2 amide bonds. The summed E-state index contributed by atoms with van der Waals surface area (Å²) in [5.41, 5.74) is 7.81. The van der Waals surface area contributed by atoms with Gasteiger partial charge in [-0.05, 0) is 38.0 Å². The molecule has 9 nitrogen and oxygen atoms in total. The fourth-order valence-corrected chi connectivity index (χ4v) is 4.50. The van der Waals surface area contributed by atoms with E-state index in [1.165, 1.54) is 10.7 Å². The molecule has 172 valence electrons. The molecule has 4 aromatic rings. The van der Waals surface area contributed by atoms with Gasteiger partial charge in [0.2, 0.25) is 5.91 Å². The number of aromatic nitrogens is 5. The summed E-state index contributed by atoms with van der Waals surface area (Å²) in [5, 5.41) is 11.5. The van der Waals surface area contributed by atoms with Crippen LogP contribution in [0, 0.1) is 13.8 Å². The van der Waals surface area contributed by atoms with Crippen LogP contribution in [0.4, 0.5) is 14.5 Å². The van der Waals surface area contributed by atoms with Gasteiger partial charge in [-0.2, -0.15) is 10.2 Å². The number of alkyl halides is 2. The highest BCUT2D eigenvalue weighted by Crippen LogP contribution is 2.43. The van der Waals surface area contributed by atoms with Crippen molar-refractivity contribution in [3.8, 4) is 11.1 Å². The van der Waals surface area contributed by atoms with E-state index >= 15 is 0 Å². The van der Waals surface area contributed by atoms with E-state index in [0.29, 0.717) is 22.2 Å². The minimum atomic E-state index is -2.83. The standard InChI is InChI=1S/C21H21F2N7O2S/c1-9-6-26-30(8-9)11(3)20(32)28-16-15-12(13-7-25-29(4)10(13)2)5-14(18(22)23)27-21(15)33-17(16)19(24)31/h5-8,11,18H,1-4H3,(H2,24,31)(H,28,32). The Bertz CT molecular complexity index is 1390. The number of carbonyl (C=O) groups excluding carboxylic acids is 2. The van der Waals surface area contributed by atoms with Crippen LogP contribution in [0.25, 0.3) is 21.3 Å². The van der Waals surface area contributed by atoms with Gasteiger partial charge in [0.15, 0.2) is 0 Å². The average Bonchev–Trinajstić information content (AvgIpc) is 3.45. The van der Waals surface area contributed by atoms with Crippen molar-refractivity contribution in [3.05, 3.63) is 46.5 Å². The number of nitrogens with zero attached hydrogens (tertiary/aromatic N) is 5. The molecular formula is C21H21F2N7O2S. The molecular weight excluding hydrogens is 452 g/mol. The van der Waals surface area contributed by atoms with E-state index in [0.717, 1.165) is 16.9 Å². The summed E-state index contributed by atoms with van der Waals surface area (Å²) >= 11 is 0.855. The molecule has 0 saturated heterocycles. The zero-order chi connectivity index (χ0) is 24.0. The third-order valence-electron chi connectivity index (χ3n) is 5.41. The van der Waals surface area contributed by atoms with Crippen LogP contribution in [0.3, 0.4) is 0 Å². The number of carbonyl (C=O) groups is 2. The number of aryl methyl sites for hydroxylation is 2. The van der Waals surface area contributed by atoms with Crippen molar-refractivity contribution in [2.24, 2.45) is 12.8 Å². The largest absolute Gasteiger partial charge is 0.365 e. The predicted molar refractivity (Wildman–Crippen MR) is 120 cm³/mol. The third-order valence-corrected chi connectivity index (χ3v) is 6.51. The molecule has 0 radical (unpaired) electrons. The lowest BCUT2D eigenvalue weighted by atomic mass is 10.0. The first-order valence-electron chi connectivity index (χ1n) is 9.94.